The topological polar surface area (TPSA) is 47.4 Å². The monoisotopic (exact) mass is 343 g/mol. The number of aromatic nitrogens is 2. The highest BCUT2D eigenvalue weighted by atomic mass is 79.9. The zero-order chi connectivity index (χ0) is 14.5. The van der Waals surface area contributed by atoms with Gasteiger partial charge in [-0.2, -0.15) is 0 Å². The Morgan fingerprint density at radius 3 is 2.75 bits per heavy atom. The molecule has 0 N–H and O–H groups in total. The van der Waals surface area contributed by atoms with Gasteiger partial charge < -0.3 is 14.2 Å². The maximum Gasteiger partial charge on any atom is 0.293 e. The first-order valence-corrected chi connectivity index (χ1v) is 8.25. The molecular weight excluding hydrogens is 322 g/mol. The van der Waals surface area contributed by atoms with E-state index >= 15 is 0 Å². The highest BCUT2D eigenvalue weighted by Gasteiger charge is 2.22. The van der Waals surface area contributed by atoms with Crippen molar-refractivity contribution in [3.05, 3.63) is 22.7 Å². The highest BCUT2D eigenvalue weighted by molar-refractivity contribution is 9.09. The Morgan fingerprint density at radius 2 is 2.15 bits per heavy atom. The second kappa shape index (κ2) is 7.22. The molecular formula is C14H22BrN3O2. The second-order valence-corrected chi connectivity index (χ2v) is 6.10. The van der Waals surface area contributed by atoms with Crippen LogP contribution in [0.15, 0.2) is 17.2 Å². The molecule has 1 aliphatic heterocycles. The Balaban J connectivity index is 2.04. The molecule has 0 bridgehead atoms. The van der Waals surface area contributed by atoms with Crippen molar-refractivity contribution in [1.82, 2.24) is 9.55 Å². The van der Waals surface area contributed by atoms with Crippen LogP contribution in [0.4, 0.5) is 5.82 Å². The summed E-state index contributed by atoms with van der Waals surface area (Å²) in [6.07, 6.45) is 5.67. The van der Waals surface area contributed by atoms with Gasteiger partial charge in [-0.3, -0.25) is 4.79 Å². The molecule has 0 spiro atoms. The van der Waals surface area contributed by atoms with Crippen LogP contribution >= 0.6 is 15.9 Å². The van der Waals surface area contributed by atoms with Crippen LogP contribution < -0.4 is 10.5 Å². The predicted octanol–water partition coefficient (Wildman–Crippen LogP) is 2.20. The maximum absolute atomic E-state index is 12.4. The van der Waals surface area contributed by atoms with Crippen LogP contribution in [-0.4, -0.2) is 40.7 Å². The molecule has 2 rings (SSSR count). The largest absolute Gasteiger partial charge is 0.377 e. The first-order valence-electron chi connectivity index (χ1n) is 7.13. The third kappa shape index (κ3) is 3.61. The number of alkyl halides is 1. The van der Waals surface area contributed by atoms with Gasteiger partial charge in [-0.1, -0.05) is 15.9 Å². The van der Waals surface area contributed by atoms with Gasteiger partial charge in [0.1, 0.15) is 0 Å². The van der Waals surface area contributed by atoms with E-state index in [1.807, 2.05) is 13.8 Å². The summed E-state index contributed by atoms with van der Waals surface area (Å²) in [5, 5.41) is 0.868. The number of hydrogen-bond acceptors (Lipinski definition) is 4. The number of halogens is 1. The Kier molecular flexibility index (Phi) is 5.60. The van der Waals surface area contributed by atoms with Crippen LogP contribution in [0.25, 0.3) is 0 Å². The lowest BCUT2D eigenvalue weighted by Crippen LogP contribution is -2.41. The number of nitrogens with zero attached hydrogens (tertiary/aromatic N) is 3. The summed E-state index contributed by atoms with van der Waals surface area (Å²) in [7, 11) is 0. The molecule has 5 nitrogen and oxygen atoms in total. The molecule has 1 aromatic heterocycles. The van der Waals surface area contributed by atoms with Gasteiger partial charge in [0.15, 0.2) is 5.82 Å². The van der Waals surface area contributed by atoms with Gasteiger partial charge in [0.2, 0.25) is 0 Å². The Hall–Kier alpha value is -0.880. The van der Waals surface area contributed by atoms with Gasteiger partial charge in [0.25, 0.3) is 5.56 Å². The first kappa shape index (κ1) is 15.5. The summed E-state index contributed by atoms with van der Waals surface area (Å²) in [5.41, 5.74) is 0.00215. The quantitative estimate of drug-likeness (QED) is 0.769. The standard InChI is InChI=1S/C14H22BrN3O2/c1-11(2)18-9-6-16-13(14(18)19)17-7-3-12(4-8-17)20-10-5-15/h6,9,11-12H,3-5,7-8,10H2,1-2H3. The molecule has 112 valence electrons. The van der Waals surface area contributed by atoms with E-state index < -0.39 is 0 Å². The molecule has 1 aliphatic rings. The molecule has 2 heterocycles. The molecule has 1 saturated heterocycles. The minimum atomic E-state index is 0.00215. The fourth-order valence-electron chi connectivity index (χ4n) is 2.48. The van der Waals surface area contributed by atoms with E-state index in [1.165, 1.54) is 0 Å². The van der Waals surface area contributed by atoms with Crippen molar-refractivity contribution >= 4 is 21.7 Å². The lowest BCUT2D eigenvalue weighted by atomic mass is 10.1. The van der Waals surface area contributed by atoms with Crippen molar-refractivity contribution in [2.24, 2.45) is 0 Å². The minimum Gasteiger partial charge on any atom is -0.377 e. The molecule has 0 unspecified atom stereocenters. The molecule has 0 amide bonds. The van der Waals surface area contributed by atoms with E-state index in [0.29, 0.717) is 11.9 Å². The van der Waals surface area contributed by atoms with Crippen LogP contribution in [0.5, 0.6) is 0 Å². The summed E-state index contributed by atoms with van der Waals surface area (Å²) in [5.74, 6) is 0.570. The molecule has 20 heavy (non-hydrogen) atoms. The zero-order valence-corrected chi connectivity index (χ0v) is 13.7. The zero-order valence-electron chi connectivity index (χ0n) is 12.1. The summed E-state index contributed by atoms with van der Waals surface area (Å²) in [6, 6.07) is 0.157. The molecule has 1 aromatic rings. The smallest absolute Gasteiger partial charge is 0.293 e. The van der Waals surface area contributed by atoms with E-state index in [9.17, 15) is 4.79 Å². The van der Waals surface area contributed by atoms with Crippen molar-refractivity contribution in [3.8, 4) is 0 Å². The van der Waals surface area contributed by atoms with Gasteiger partial charge in [0.05, 0.1) is 12.7 Å². The van der Waals surface area contributed by atoms with Crippen LogP contribution in [0.1, 0.15) is 32.7 Å². The minimum absolute atomic E-state index is 0.00215. The molecule has 6 heteroatoms. The molecule has 0 aromatic carbocycles. The molecule has 0 aliphatic carbocycles. The van der Waals surface area contributed by atoms with Crippen molar-refractivity contribution in [2.45, 2.75) is 38.8 Å². The summed E-state index contributed by atoms with van der Waals surface area (Å²) >= 11 is 3.37. The second-order valence-electron chi connectivity index (χ2n) is 5.30. The first-order chi connectivity index (χ1) is 9.63. The Labute approximate surface area is 128 Å². The van der Waals surface area contributed by atoms with Gasteiger partial charge >= 0.3 is 0 Å². The van der Waals surface area contributed by atoms with Crippen LogP contribution in [0.3, 0.4) is 0 Å². The third-order valence-electron chi connectivity index (χ3n) is 3.58. The Morgan fingerprint density at radius 1 is 1.45 bits per heavy atom. The normalized spacial score (nSPS) is 16.9. The summed E-state index contributed by atoms with van der Waals surface area (Å²) in [6.45, 7) is 6.42. The van der Waals surface area contributed by atoms with E-state index in [2.05, 4.69) is 25.8 Å². The molecule has 0 atom stereocenters. The lowest BCUT2D eigenvalue weighted by molar-refractivity contribution is 0.0479. The average molecular weight is 344 g/mol. The van der Waals surface area contributed by atoms with Crippen LogP contribution in [0, 0.1) is 0 Å². The number of anilines is 1. The van der Waals surface area contributed by atoms with E-state index in [-0.39, 0.29) is 11.6 Å². The van der Waals surface area contributed by atoms with E-state index in [1.54, 1.807) is 17.0 Å². The van der Waals surface area contributed by atoms with Crippen LogP contribution in [0.2, 0.25) is 0 Å². The Bertz CT molecular complexity index is 482. The SMILES string of the molecule is CC(C)n1ccnc(N2CCC(OCCBr)CC2)c1=O. The summed E-state index contributed by atoms with van der Waals surface area (Å²) < 4.78 is 7.46. The molecule has 0 saturated carbocycles. The van der Waals surface area contributed by atoms with E-state index in [4.69, 9.17) is 4.74 Å². The highest BCUT2D eigenvalue weighted by Crippen LogP contribution is 2.17. The lowest BCUT2D eigenvalue weighted by Gasteiger charge is -2.32. The fraction of sp³-hybridized carbons (Fsp3) is 0.714. The maximum atomic E-state index is 12.4. The van der Waals surface area contributed by atoms with Gasteiger partial charge in [-0.15, -0.1) is 0 Å². The predicted molar refractivity (Wildman–Crippen MR) is 83.9 cm³/mol. The number of hydrogen-bond donors (Lipinski definition) is 0. The molecule has 0 radical (unpaired) electrons. The van der Waals surface area contributed by atoms with Gasteiger partial charge in [-0.25, -0.2) is 4.98 Å². The number of piperidine rings is 1. The number of ether oxygens (including phenoxy) is 1. The third-order valence-corrected chi connectivity index (χ3v) is 3.90. The average Bonchev–Trinajstić information content (AvgIpc) is 2.46. The van der Waals surface area contributed by atoms with Crippen molar-refractivity contribution in [1.29, 1.82) is 0 Å². The summed E-state index contributed by atoms with van der Waals surface area (Å²) in [4.78, 5) is 18.7. The van der Waals surface area contributed by atoms with Crippen LogP contribution in [-0.2, 0) is 4.74 Å². The van der Waals surface area contributed by atoms with Gasteiger partial charge in [0, 0.05) is 36.9 Å². The number of rotatable bonds is 5. The van der Waals surface area contributed by atoms with Gasteiger partial charge in [-0.05, 0) is 26.7 Å². The fourth-order valence-corrected chi connectivity index (χ4v) is 2.67. The van der Waals surface area contributed by atoms with Crippen molar-refractivity contribution in [2.75, 3.05) is 29.9 Å². The van der Waals surface area contributed by atoms with Crippen molar-refractivity contribution in [3.63, 3.8) is 0 Å². The van der Waals surface area contributed by atoms with E-state index in [0.717, 1.165) is 37.9 Å². The molecule has 1 fully saturated rings. The van der Waals surface area contributed by atoms with Crippen molar-refractivity contribution < 1.29 is 4.74 Å².